The van der Waals surface area contributed by atoms with E-state index >= 15 is 0 Å². The van der Waals surface area contributed by atoms with Gasteiger partial charge in [0.15, 0.2) is 29.1 Å². The zero-order valence-corrected chi connectivity index (χ0v) is 49.4. The van der Waals surface area contributed by atoms with Crippen molar-refractivity contribution in [2.45, 2.75) is 51.3 Å². The predicted octanol–water partition coefficient (Wildman–Crippen LogP) is 12.4. The number of rotatable bonds is 13. The quantitative estimate of drug-likeness (QED) is 0.0637. The van der Waals surface area contributed by atoms with Crippen LogP contribution in [-0.4, -0.2) is 91.2 Å². The lowest BCUT2D eigenvalue weighted by Gasteiger charge is -2.28. The highest BCUT2D eigenvalue weighted by atomic mass is 35.5. The first-order valence-corrected chi connectivity index (χ1v) is 28.3. The number of halogens is 4. The van der Waals surface area contributed by atoms with Crippen LogP contribution in [-0.2, 0) is 6.18 Å². The molecular formula is C54H42B2ClF3N20O2S4. The summed E-state index contributed by atoms with van der Waals surface area (Å²) in [5.74, 6) is 2.30. The van der Waals surface area contributed by atoms with E-state index in [4.69, 9.17) is 27.4 Å². The second-order valence-corrected chi connectivity index (χ2v) is 21.4. The fourth-order valence-corrected chi connectivity index (χ4v) is 10.3. The molecule has 428 valence electrons. The molecule has 22 nitrogen and oxygen atoms in total. The van der Waals surface area contributed by atoms with Crippen LogP contribution >= 0.6 is 56.9 Å². The molecule has 0 saturated carbocycles. The van der Waals surface area contributed by atoms with Crippen LogP contribution < -0.4 is 15.1 Å². The van der Waals surface area contributed by atoms with Crippen LogP contribution in [0.4, 0.5) is 48.1 Å². The first kappa shape index (κ1) is 65.3. The third-order valence-electron chi connectivity index (χ3n) is 10.6. The Balaban J connectivity index is 0.000000182. The van der Waals surface area contributed by atoms with Crippen molar-refractivity contribution in [1.82, 2.24) is 69.9 Å². The summed E-state index contributed by atoms with van der Waals surface area (Å²) < 4.78 is 42.4. The summed E-state index contributed by atoms with van der Waals surface area (Å²) in [5, 5.41) is 32.2. The molecule has 0 fully saturated rings. The molecule has 0 amide bonds. The van der Waals surface area contributed by atoms with E-state index in [-0.39, 0.29) is 29.1 Å². The molecule has 3 atom stereocenters. The fourth-order valence-electron chi connectivity index (χ4n) is 6.79. The fraction of sp³-hybridized carbons (Fsp3) is 0.148. The summed E-state index contributed by atoms with van der Waals surface area (Å²) in [6, 6.07) is 20.1. The highest BCUT2D eigenvalue weighted by Gasteiger charge is 2.39. The topological polar surface area (TPSA) is 301 Å². The third-order valence-corrected chi connectivity index (χ3v) is 15.7. The van der Waals surface area contributed by atoms with E-state index in [1.807, 2.05) is 54.8 Å². The summed E-state index contributed by atoms with van der Waals surface area (Å²) in [6.07, 6.45) is 24.3. The van der Waals surface area contributed by atoms with Crippen LogP contribution in [0.1, 0.15) is 90.0 Å². The lowest BCUT2D eigenvalue weighted by molar-refractivity contribution is -0.159. The van der Waals surface area contributed by atoms with Gasteiger partial charge in [-0.25, -0.2) is 29.9 Å². The summed E-state index contributed by atoms with van der Waals surface area (Å²) in [5.41, 5.74) is 0. The first-order valence-electron chi connectivity index (χ1n) is 24.6. The summed E-state index contributed by atoms with van der Waals surface area (Å²) >= 11 is 11.2. The number of nitrogens with one attached hydrogen (secondary N) is 1. The molecule has 32 heteroatoms. The molecule has 0 aliphatic heterocycles. The molecule has 0 aromatic carbocycles. The minimum atomic E-state index is -4.69. The molecule has 3 unspecified atom stereocenters. The van der Waals surface area contributed by atoms with Crippen molar-refractivity contribution in [2.24, 2.45) is 0 Å². The first-order chi connectivity index (χ1) is 41.6. The number of hydrogen-bond donors (Lipinski definition) is 1. The van der Waals surface area contributed by atoms with Crippen molar-refractivity contribution in [3.8, 4) is 28.9 Å². The standard InChI is InChI=1S/C17H12F3N7OS.C15H12N6S.C8H7N5.C7H6ClNS.C7H5NOS.B2/c1-10(27(13-8-21-4-6-23-13)14-9-22-5-7-24-14)11-2-3-12(29-11)15-25-16(28-26-15)17(18,19)20;1-11(13-3-2-12(8-16)22-13)21(14-9-17-4-6-19-14)15-10-18-5-7-20-15;1-3-11-7(5-9-1)13-8-6-10-2-4-12-8;1-5(8)7-3-2-6(4-9)10-7;1-5(9)7-3-2-6(4-8)10-7;1-2/h2-10H,1H3;2-7,9-11H,1H3;1-6H,(H,11,12,13);2-3,5H,1H3;2-3H,1H3;. The van der Waals surface area contributed by atoms with Gasteiger partial charge in [-0.05, 0) is 76.2 Å². The second kappa shape index (κ2) is 33.5. The van der Waals surface area contributed by atoms with Gasteiger partial charge >= 0.3 is 12.1 Å². The lowest BCUT2D eigenvalue weighted by Crippen LogP contribution is -2.23. The SMILES string of the molecule is CC(=O)c1ccc(C#N)s1.CC(Cl)c1ccc(C#N)s1.CC(c1ccc(-c2noc(C(F)(F)F)n2)s1)N(c1cnccn1)c1cnccn1.CC(c1ccc(C#N)s1)N(c1cnccn1)c1cnccn1.[B][B].c1cnc(Nc2cnccn2)cn1. The molecule has 11 rings (SSSR count). The summed E-state index contributed by atoms with van der Waals surface area (Å²) in [4.78, 5) is 73.6. The molecule has 0 bridgehead atoms. The van der Waals surface area contributed by atoms with Gasteiger partial charge in [-0.15, -0.1) is 56.9 Å². The van der Waals surface area contributed by atoms with Crippen LogP contribution in [0.2, 0.25) is 0 Å². The monoisotopic (exact) mass is 1240 g/mol. The predicted molar refractivity (Wildman–Crippen MR) is 322 cm³/mol. The number of thiophene rings is 4. The lowest BCUT2D eigenvalue weighted by atomic mass is 9.81. The van der Waals surface area contributed by atoms with Crippen molar-refractivity contribution in [2.75, 3.05) is 15.1 Å². The average molecular weight is 1250 g/mol. The van der Waals surface area contributed by atoms with E-state index in [1.165, 1.54) is 52.3 Å². The second-order valence-electron chi connectivity index (χ2n) is 16.4. The van der Waals surface area contributed by atoms with Gasteiger partial charge in [0.25, 0.3) is 0 Å². The molecule has 0 aliphatic carbocycles. The van der Waals surface area contributed by atoms with Gasteiger partial charge in [0.05, 0.1) is 64.4 Å². The van der Waals surface area contributed by atoms with Gasteiger partial charge in [-0.1, -0.05) is 5.16 Å². The Kier molecular flexibility index (Phi) is 25.4. The van der Waals surface area contributed by atoms with Crippen molar-refractivity contribution >= 4 is 113 Å². The van der Waals surface area contributed by atoms with Crippen LogP contribution in [0, 0.1) is 34.0 Å². The van der Waals surface area contributed by atoms with Gasteiger partial charge in [0, 0.05) is 104 Å². The van der Waals surface area contributed by atoms with Gasteiger partial charge < -0.3 is 19.6 Å². The Morgan fingerprint density at radius 3 is 1.27 bits per heavy atom. The minimum Gasteiger partial charge on any atom is -0.329 e. The Hall–Kier alpha value is -9.83. The highest BCUT2D eigenvalue weighted by Crippen LogP contribution is 2.39. The molecule has 11 aromatic rings. The van der Waals surface area contributed by atoms with Crippen molar-refractivity contribution < 1.29 is 22.5 Å². The van der Waals surface area contributed by atoms with Gasteiger partial charge in [-0.3, -0.25) is 34.7 Å². The molecular weight excluding hydrogens is 1200 g/mol. The molecule has 0 saturated heterocycles. The maximum absolute atomic E-state index is 12.7. The minimum absolute atomic E-state index is 0.0199. The highest BCUT2D eigenvalue weighted by molar-refractivity contribution is 7.15. The number of nitriles is 3. The molecule has 1 N–H and O–H groups in total. The van der Waals surface area contributed by atoms with E-state index < -0.39 is 12.1 Å². The van der Waals surface area contributed by atoms with E-state index in [0.29, 0.717) is 54.4 Å². The molecule has 4 radical (unpaired) electrons. The van der Waals surface area contributed by atoms with E-state index in [1.54, 1.807) is 142 Å². The normalized spacial score (nSPS) is 11.2. The summed E-state index contributed by atoms with van der Waals surface area (Å²) in [7, 11) is 8.00. The van der Waals surface area contributed by atoms with Gasteiger partial charge in [-0.2, -0.15) is 33.9 Å². The molecule has 11 aromatic heterocycles. The Morgan fingerprint density at radius 2 is 0.942 bits per heavy atom. The van der Waals surface area contributed by atoms with Crippen LogP contribution in [0.15, 0.2) is 165 Å². The van der Waals surface area contributed by atoms with Crippen molar-refractivity contribution in [3.63, 3.8) is 0 Å². The largest absolute Gasteiger partial charge is 0.471 e. The van der Waals surface area contributed by atoms with E-state index in [0.717, 1.165) is 19.5 Å². The van der Waals surface area contributed by atoms with Gasteiger partial charge in [0.1, 0.15) is 44.5 Å². The van der Waals surface area contributed by atoms with Gasteiger partial charge in [0.2, 0.25) is 5.82 Å². The Bertz CT molecular complexity index is 3800. The Labute approximate surface area is 513 Å². The van der Waals surface area contributed by atoms with E-state index in [2.05, 4.69) is 107 Å². The maximum Gasteiger partial charge on any atom is 0.471 e. The van der Waals surface area contributed by atoms with Crippen molar-refractivity contribution in [3.05, 3.63) is 200 Å². The number of ketones is 1. The molecule has 0 spiro atoms. The Morgan fingerprint density at radius 1 is 0.558 bits per heavy atom. The zero-order chi connectivity index (χ0) is 61.8. The maximum atomic E-state index is 12.7. The number of hydrogen-bond acceptors (Lipinski definition) is 26. The molecule has 11 heterocycles. The summed E-state index contributed by atoms with van der Waals surface area (Å²) in [6.45, 7) is 7.34. The van der Waals surface area contributed by atoms with Crippen molar-refractivity contribution in [1.29, 1.82) is 15.8 Å². The van der Waals surface area contributed by atoms with Crippen LogP contribution in [0.3, 0.4) is 0 Å². The number of anilines is 6. The number of carbonyl (C=O) groups is 1. The zero-order valence-electron chi connectivity index (χ0n) is 45.4. The number of Topliss-reactive ketones (excluding diaryl/α,β-unsaturated/α-hetero) is 1. The number of carbonyl (C=O) groups excluding carboxylic acids is 1. The smallest absolute Gasteiger partial charge is 0.329 e. The number of aromatic nitrogens is 14. The molecule has 0 aliphatic rings. The van der Waals surface area contributed by atoms with E-state index in [9.17, 15) is 18.0 Å². The van der Waals surface area contributed by atoms with Crippen LogP contribution in [0.25, 0.3) is 10.7 Å². The number of nitrogens with zero attached hydrogens (tertiary/aromatic N) is 19. The third kappa shape index (κ3) is 19.4. The molecule has 86 heavy (non-hydrogen) atoms. The number of alkyl halides is 4. The average Bonchev–Trinajstić information content (AvgIpc) is 2.75. The van der Waals surface area contributed by atoms with Crippen LogP contribution in [0.5, 0.6) is 0 Å².